The van der Waals surface area contributed by atoms with Gasteiger partial charge >= 0.3 is 0 Å². The molecule has 17 unspecified atom stereocenters. The number of amides is 1. The topological polar surface area (TPSA) is 307 Å². The van der Waals surface area contributed by atoms with E-state index < -0.39 is 124 Å². The molecule has 0 spiro atoms. The number of rotatable bonds is 50. The first-order valence-corrected chi connectivity index (χ1v) is 33.4. The van der Waals surface area contributed by atoms with E-state index in [-0.39, 0.29) is 18.9 Å². The Morgan fingerprint density at radius 1 is 0.435 bits per heavy atom. The monoisotopic (exact) mass is 1210 g/mol. The van der Waals surface area contributed by atoms with Gasteiger partial charge in [0.15, 0.2) is 18.9 Å². The molecule has 0 bridgehead atoms. The highest BCUT2D eigenvalue weighted by Gasteiger charge is 2.53. The summed E-state index contributed by atoms with van der Waals surface area (Å²) < 4.78 is 34.3. The fourth-order valence-corrected chi connectivity index (χ4v) is 11.2. The number of carbonyl (C=O) groups excluding carboxylic acids is 1. The summed E-state index contributed by atoms with van der Waals surface area (Å²) in [7, 11) is 0. The minimum atomic E-state index is -1.97. The maximum absolute atomic E-state index is 13.3. The Balaban J connectivity index is 1.34. The molecule has 1 amide bonds. The highest BCUT2D eigenvalue weighted by molar-refractivity contribution is 5.76. The van der Waals surface area contributed by atoms with Gasteiger partial charge < -0.3 is 89.9 Å². The van der Waals surface area contributed by atoms with Crippen LogP contribution in [-0.2, 0) is 33.2 Å². The van der Waals surface area contributed by atoms with Crippen molar-refractivity contribution in [1.29, 1.82) is 0 Å². The first-order chi connectivity index (χ1) is 41.3. The number of hydrogen-bond acceptors (Lipinski definition) is 18. The Morgan fingerprint density at radius 2 is 0.812 bits per heavy atom. The molecule has 3 aliphatic heterocycles. The van der Waals surface area contributed by atoms with E-state index in [2.05, 4.69) is 67.8 Å². The number of unbranched alkanes of at least 4 members (excludes halogenated alkanes) is 26. The average Bonchev–Trinajstić information content (AvgIpc) is 2.29. The van der Waals surface area contributed by atoms with Crippen LogP contribution in [0.1, 0.15) is 232 Å². The second-order valence-corrected chi connectivity index (χ2v) is 23.9. The molecule has 3 heterocycles. The molecule has 0 aromatic heterocycles. The maximum atomic E-state index is 13.3. The van der Waals surface area contributed by atoms with E-state index in [0.29, 0.717) is 12.8 Å². The molecule has 19 nitrogen and oxygen atoms in total. The number of ether oxygens (including phenoxy) is 6. The number of allylic oxidation sites excluding steroid dienone is 8. The third-order valence-corrected chi connectivity index (χ3v) is 16.7. The molecule has 0 aliphatic carbocycles. The molecule has 3 aliphatic rings. The van der Waals surface area contributed by atoms with Gasteiger partial charge in [-0.15, -0.1) is 0 Å². The Kier molecular flexibility index (Phi) is 44.0. The summed E-state index contributed by atoms with van der Waals surface area (Å²) in [5.74, 6) is -0.244. The average molecular weight is 1210 g/mol. The predicted octanol–water partition coefficient (Wildman–Crippen LogP) is 7.83. The van der Waals surface area contributed by atoms with Gasteiger partial charge in [-0.1, -0.05) is 223 Å². The molecule has 19 heteroatoms. The molecular formula is C66H119NO18. The van der Waals surface area contributed by atoms with Crippen LogP contribution in [0.25, 0.3) is 0 Å². The first-order valence-electron chi connectivity index (χ1n) is 33.4. The third kappa shape index (κ3) is 31.4. The maximum Gasteiger partial charge on any atom is 0.220 e. The quantitative estimate of drug-likeness (QED) is 0.0204. The van der Waals surface area contributed by atoms with Crippen LogP contribution in [0.15, 0.2) is 48.6 Å². The van der Waals surface area contributed by atoms with Gasteiger partial charge in [0, 0.05) is 6.42 Å². The third-order valence-electron chi connectivity index (χ3n) is 16.7. The van der Waals surface area contributed by atoms with Crippen LogP contribution in [0.4, 0.5) is 0 Å². The fourth-order valence-electron chi connectivity index (χ4n) is 11.2. The van der Waals surface area contributed by atoms with E-state index >= 15 is 0 Å². The van der Waals surface area contributed by atoms with E-state index in [0.717, 1.165) is 70.6 Å². The molecule has 17 atom stereocenters. The molecular weight excluding hydrogens is 1090 g/mol. The van der Waals surface area contributed by atoms with Gasteiger partial charge in [0.2, 0.25) is 5.91 Å². The standard InChI is InChI=1S/C66H119NO18/c1-3-5-7-9-11-13-14-15-16-17-18-19-20-21-22-23-24-25-26-27-28-29-30-31-32-33-34-36-38-40-42-44-54(72)67-49(50(71)43-41-39-37-35-12-10-8-6-4-2)48-80-64-60(78)57(75)62(52(46-69)82-64)85-66-61(79)58(76)63(53(47-70)83-66)84-65-59(77)56(74)55(73)51(45-68)81-65/h5,7,11,13,15-16,18-19,49-53,55-66,68-71,73-79H,3-4,6,8-10,12,14,17,20-48H2,1-2H3,(H,67,72)/b7-5-,13-11-,16-15-,19-18-. The molecule has 3 saturated heterocycles. The van der Waals surface area contributed by atoms with Crippen LogP contribution in [0.5, 0.6) is 0 Å². The fraction of sp³-hybridized carbons (Fsp3) is 0.864. The smallest absolute Gasteiger partial charge is 0.220 e. The summed E-state index contributed by atoms with van der Waals surface area (Å²) in [5, 5.41) is 120. The van der Waals surface area contributed by atoms with Gasteiger partial charge in [-0.05, 0) is 51.4 Å². The molecule has 0 saturated carbocycles. The molecule has 0 aromatic rings. The number of aliphatic hydroxyl groups is 11. The summed E-state index contributed by atoms with van der Waals surface area (Å²) in [6.07, 6.45) is 29.5. The van der Waals surface area contributed by atoms with Crippen LogP contribution in [-0.4, -0.2) is 193 Å². The second-order valence-electron chi connectivity index (χ2n) is 23.9. The minimum absolute atomic E-state index is 0.244. The number of nitrogens with one attached hydrogen (secondary N) is 1. The largest absolute Gasteiger partial charge is 0.394 e. The van der Waals surface area contributed by atoms with E-state index in [1.54, 1.807) is 0 Å². The Morgan fingerprint density at radius 3 is 1.27 bits per heavy atom. The van der Waals surface area contributed by atoms with E-state index in [1.807, 2.05) is 0 Å². The van der Waals surface area contributed by atoms with E-state index in [9.17, 15) is 61.0 Å². The summed E-state index contributed by atoms with van der Waals surface area (Å²) in [5.41, 5.74) is 0. The normalized spacial score (nSPS) is 29.3. The number of hydrogen-bond donors (Lipinski definition) is 12. The Labute approximate surface area is 510 Å². The molecule has 0 radical (unpaired) electrons. The lowest BCUT2D eigenvalue weighted by Crippen LogP contribution is -2.66. The molecule has 0 aromatic carbocycles. The summed E-state index contributed by atoms with van der Waals surface area (Å²) >= 11 is 0. The number of carbonyl (C=O) groups is 1. The first kappa shape index (κ1) is 77.0. The van der Waals surface area contributed by atoms with Gasteiger partial charge in [-0.25, -0.2) is 0 Å². The SMILES string of the molecule is CC/C=C\C/C=C\C/C=C\C/C=C\CCCCCCCCCCCCCCCCCCCCC(=O)NC(COC1OC(CO)C(OC2OC(CO)C(OC3OC(CO)C(O)C(O)C3O)C(O)C2O)C(O)C1O)C(O)CCCCCCCCCCC. The predicted molar refractivity (Wildman–Crippen MR) is 328 cm³/mol. The van der Waals surface area contributed by atoms with Crippen molar-refractivity contribution in [3.8, 4) is 0 Å². The van der Waals surface area contributed by atoms with E-state index in [1.165, 1.54) is 128 Å². The van der Waals surface area contributed by atoms with E-state index in [4.69, 9.17) is 28.4 Å². The van der Waals surface area contributed by atoms with Gasteiger partial charge in [0.25, 0.3) is 0 Å². The van der Waals surface area contributed by atoms with Gasteiger partial charge in [0.05, 0.1) is 38.6 Å². The molecule has 3 rings (SSSR count). The van der Waals surface area contributed by atoms with Crippen LogP contribution in [0.2, 0.25) is 0 Å². The zero-order chi connectivity index (χ0) is 61.9. The highest BCUT2D eigenvalue weighted by Crippen LogP contribution is 2.33. The minimum Gasteiger partial charge on any atom is -0.394 e. The second kappa shape index (κ2) is 48.6. The van der Waals surface area contributed by atoms with Crippen molar-refractivity contribution in [2.75, 3.05) is 26.4 Å². The summed E-state index contributed by atoms with van der Waals surface area (Å²) in [6, 6.07) is -0.884. The van der Waals surface area contributed by atoms with Crippen LogP contribution in [0, 0.1) is 0 Å². The van der Waals surface area contributed by atoms with Crippen molar-refractivity contribution in [2.24, 2.45) is 0 Å². The van der Waals surface area contributed by atoms with Crippen molar-refractivity contribution < 1.29 is 89.4 Å². The summed E-state index contributed by atoms with van der Waals surface area (Å²) in [4.78, 5) is 13.3. The van der Waals surface area contributed by atoms with Crippen molar-refractivity contribution in [1.82, 2.24) is 5.32 Å². The lowest BCUT2D eigenvalue weighted by molar-refractivity contribution is -0.379. The van der Waals surface area contributed by atoms with Crippen molar-refractivity contribution in [2.45, 2.75) is 336 Å². The van der Waals surface area contributed by atoms with Crippen LogP contribution in [0.3, 0.4) is 0 Å². The Hall–Kier alpha value is -2.25. The Bertz CT molecular complexity index is 1740. The molecule has 3 fully saturated rings. The van der Waals surface area contributed by atoms with Gasteiger partial charge in [-0.3, -0.25) is 4.79 Å². The number of aliphatic hydroxyl groups excluding tert-OH is 11. The molecule has 496 valence electrons. The lowest BCUT2D eigenvalue weighted by Gasteiger charge is -2.48. The zero-order valence-corrected chi connectivity index (χ0v) is 52.1. The van der Waals surface area contributed by atoms with Crippen molar-refractivity contribution >= 4 is 5.91 Å². The summed E-state index contributed by atoms with van der Waals surface area (Å²) in [6.45, 7) is 1.65. The van der Waals surface area contributed by atoms with Crippen molar-refractivity contribution in [3.05, 3.63) is 48.6 Å². The van der Waals surface area contributed by atoms with Crippen LogP contribution < -0.4 is 5.32 Å². The lowest BCUT2D eigenvalue weighted by atomic mass is 9.96. The van der Waals surface area contributed by atoms with Gasteiger partial charge in [0.1, 0.15) is 73.2 Å². The van der Waals surface area contributed by atoms with Crippen LogP contribution >= 0.6 is 0 Å². The van der Waals surface area contributed by atoms with Gasteiger partial charge in [-0.2, -0.15) is 0 Å². The van der Waals surface area contributed by atoms with Crippen molar-refractivity contribution in [3.63, 3.8) is 0 Å². The zero-order valence-electron chi connectivity index (χ0n) is 52.1. The molecule has 12 N–H and O–H groups in total. The molecule has 85 heavy (non-hydrogen) atoms. The highest BCUT2D eigenvalue weighted by atomic mass is 16.8.